The van der Waals surface area contributed by atoms with Gasteiger partial charge in [-0.25, -0.2) is 13.8 Å². The predicted octanol–water partition coefficient (Wildman–Crippen LogP) is 3.97. The molecule has 0 unspecified atom stereocenters. The van der Waals surface area contributed by atoms with Crippen molar-refractivity contribution in [2.75, 3.05) is 18.0 Å². The van der Waals surface area contributed by atoms with E-state index in [-0.39, 0.29) is 4.90 Å². The number of nitrogens with one attached hydrogen (secondary N) is 1. The average Bonchev–Trinajstić information content (AvgIpc) is 2.83. The molecule has 0 aliphatic rings. The molecule has 0 atom stereocenters. The molecule has 0 radical (unpaired) electrons. The summed E-state index contributed by atoms with van der Waals surface area (Å²) >= 11 is 0. The first-order valence-electron chi connectivity index (χ1n) is 10.3. The molecule has 33 heavy (non-hydrogen) atoms. The number of carbonyl (C=O) groups excluding carboxylic acids is 1. The summed E-state index contributed by atoms with van der Waals surface area (Å²) in [5, 5.41) is 4.04. The summed E-state index contributed by atoms with van der Waals surface area (Å²) in [5.41, 5.74) is 7.02. The van der Waals surface area contributed by atoms with Gasteiger partial charge in [0, 0.05) is 6.07 Å². The Hall–Kier alpha value is -3.65. The number of hydrogen-bond acceptors (Lipinski definition) is 5. The highest BCUT2D eigenvalue weighted by molar-refractivity contribution is 7.92. The fourth-order valence-electron chi connectivity index (χ4n) is 3.26. The van der Waals surface area contributed by atoms with Crippen LogP contribution >= 0.6 is 0 Å². The normalized spacial score (nSPS) is 11.4. The van der Waals surface area contributed by atoms with E-state index in [1.165, 1.54) is 24.8 Å². The SMILES string of the molecule is COc1cccc(N(CC(=O)N/N=C/c2ccc(C)c(C)c2C)S(=O)(=O)c2ccccc2)c1. The molecule has 8 heteroatoms. The third-order valence-corrected chi connectivity index (χ3v) is 7.24. The number of benzene rings is 3. The molecule has 3 rings (SSSR count). The number of anilines is 1. The van der Waals surface area contributed by atoms with Gasteiger partial charge in [0.15, 0.2) is 0 Å². The first kappa shape index (κ1) is 24.0. The van der Waals surface area contributed by atoms with Crippen molar-refractivity contribution >= 4 is 27.8 Å². The summed E-state index contributed by atoms with van der Waals surface area (Å²) in [6, 6.07) is 18.4. The number of carbonyl (C=O) groups is 1. The Morgan fingerprint density at radius 3 is 2.42 bits per heavy atom. The third kappa shape index (κ3) is 5.59. The molecule has 0 aliphatic carbocycles. The van der Waals surface area contributed by atoms with Crippen LogP contribution < -0.4 is 14.5 Å². The highest BCUT2D eigenvalue weighted by atomic mass is 32.2. The lowest BCUT2D eigenvalue weighted by Crippen LogP contribution is -2.39. The Kier molecular flexibility index (Phi) is 7.50. The molecule has 0 aromatic heterocycles. The summed E-state index contributed by atoms with van der Waals surface area (Å²) in [6.45, 7) is 5.60. The number of hydrogen-bond donors (Lipinski definition) is 1. The molecule has 0 fully saturated rings. The smallest absolute Gasteiger partial charge is 0.264 e. The molecular weight excluding hydrogens is 438 g/mol. The number of sulfonamides is 1. The van der Waals surface area contributed by atoms with Gasteiger partial charge < -0.3 is 4.74 Å². The van der Waals surface area contributed by atoms with Crippen molar-refractivity contribution < 1.29 is 17.9 Å². The molecule has 1 N–H and O–H groups in total. The molecule has 3 aromatic carbocycles. The fraction of sp³-hybridized carbons (Fsp3) is 0.200. The second-order valence-corrected chi connectivity index (χ2v) is 9.40. The topological polar surface area (TPSA) is 88.1 Å². The van der Waals surface area contributed by atoms with Crippen molar-refractivity contribution in [1.29, 1.82) is 0 Å². The van der Waals surface area contributed by atoms with Crippen LogP contribution in [0.1, 0.15) is 22.3 Å². The molecule has 0 saturated heterocycles. The maximum atomic E-state index is 13.3. The number of nitrogens with zero attached hydrogens (tertiary/aromatic N) is 2. The van der Waals surface area contributed by atoms with Crippen molar-refractivity contribution in [3.05, 3.63) is 89.0 Å². The van der Waals surface area contributed by atoms with Crippen LogP contribution in [0.4, 0.5) is 5.69 Å². The second kappa shape index (κ2) is 10.3. The highest BCUT2D eigenvalue weighted by Gasteiger charge is 2.27. The third-order valence-electron chi connectivity index (χ3n) is 5.45. The van der Waals surface area contributed by atoms with Crippen LogP contribution in [0.25, 0.3) is 0 Å². The quantitative estimate of drug-likeness (QED) is 0.403. The van der Waals surface area contributed by atoms with E-state index in [0.29, 0.717) is 11.4 Å². The lowest BCUT2D eigenvalue weighted by Gasteiger charge is -2.24. The molecule has 172 valence electrons. The van der Waals surface area contributed by atoms with Crippen LogP contribution in [-0.2, 0) is 14.8 Å². The lowest BCUT2D eigenvalue weighted by atomic mass is 10.00. The van der Waals surface area contributed by atoms with Crippen molar-refractivity contribution in [3.8, 4) is 5.75 Å². The molecule has 7 nitrogen and oxygen atoms in total. The first-order valence-corrected chi connectivity index (χ1v) is 11.8. The lowest BCUT2D eigenvalue weighted by molar-refractivity contribution is -0.119. The van der Waals surface area contributed by atoms with Crippen LogP contribution in [0.15, 0.2) is 76.7 Å². The molecule has 1 amide bonds. The zero-order valence-electron chi connectivity index (χ0n) is 19.1. The van der Waals surface area contributed by atoms with E-state index in [0.717, 1.165) is 21.0 Å². The van der Waals surface area contributed by atoms with Gasteiger partial charge in [0.25, 0.3) is 15.9 Å². The van der Waals surface area contributed by atoms with Gasteiger partial charge in [0.2, 0.25) is 0 Å². The number of rotatable bonds is 8. The molecule has 3 aromatic rings. The number of ether oxygens (including phenoxy) is 1. The Labute approximate surface area is 194 Å². The summed E-state index contributed by atoms with van der Waals surface area (Å²) in [6.07, 6.45) is 1.56. The number of hydrazone groups is 1. The average molecular weight is 466 g/mol. The standard InChI is InChI=1S/C25H27N3O4S/c1-18-13-14-21(20(3)19(18)2)16-26-27-25(29)17-28(22-9-8-10-23(15-22)32-4)33(30,31)24-11-6-5-7-12-24/h5-16H,17H2,1-4H3,(H,27,29)/b26-16+. The van der Waals surface area contributed by atoms with E-state index < -0.39 is 22.5 Å². The first-order chi connectivity index (χ1) is 15.7. The molecule has 0 spiro atoms. The maximum Gasteiger partial charge on any atom is 0.264 e. The Morgan fingerprint density at radius 2 is 1.73 bits per heavy atom. The van der Waals surface area contributed by atoms with Crippen LogP contribution in [0.2, 0.25) is 0 Å². The molecule has 0 saturated carbocycles. The van der Waals surface area contributed by atoms with Gasteiger partial charge in [0.1, 0.15) is 12.3 Å². The monoisotopic (exact) mass is 465 g/mol. The number of methoxy groups -OCH3 is 1. The van der Waals surface area contributed by atoms with Crippen LogP contribution in [0, 0.1) is 20.8 Å². The van der Waals surface area contributed by atoms with E-state index in [1.807, 2.05) is 32.9 Å². The van der Waals surface area contributed by atoms with Crippen LogP contribution in [0.3, 0.4) is 0 Å². The Bertz CT molecular complexity index is 1270. The predicted molar refractivity (Wildman–Crippen MR) is 130 cm³/mol. The van der Waals surface area contributed by atoms with Crippen molar-refractivity contribution in [1.82, 2.24) is 5.43 Å². The van der Waals surface area contributed by atoms with Crippen molar-refractivity contribution in [3.63, 3.8) is 0 Å². The second-order valence-electron chi connectivity index (χ2n) is 7.54. The van der Waals surface area contributed by atoms with Gasteiger partial charge in [-0.15, -0.1) is 0 Å². The number of aryl methyl sites for hydroxylation is 1. The van der Waals surface area contributed by atoms with Gasteiger partial charge in [-0.2, -0.15) is 5.10 Å². The molecule has 0 aliphatic heterocycles. The van der Waals surface area contributed by atoms with E-state index in [2.05, 4.69) is 10.5 Å². The van der Waals surface area contributed by atoms with Crippen LogP contribution in [-0.4, -0.2) is 34.2 Å². The maximum absolute atomic E-state index is 13.3. The fourth-order valence-corrected chi connectivity index (χ4v) is 4.69. The van der Waals surface area contributed by atoms with Gasteiger partial charge in [-0.1, -0.05) is 36.4 Å². The van der Waals surface area contributed by atoms with E-state index in [9.17, 15) is 13.2 Å². The minimum Gasteiger partial charge on any atom is -0.497 e. The minimum atomic E-state index is -4.00. The largest absolute Gasteiger partial charge is 0.497 e. The highest BCUT2D eigenvalue weighted by Crippen LogP contribution is 2.26. The summed E-state index contributed by atoms with van der Waals surface area (Å²) in [5.74, 6) is -0.0977. The van der Waals surface area contributed by atoms with E-state index in [1.54, 1.807) is 48.7 Å². The summed E-state index contributed by atoms with van der Waals surface area (Å²) in [4.78, 5) is 12.8. The summed E-state index contributed by atoms with van der Waals surface area (Å²) in [7, 11) is -2.51. The molecule has 0 heterocycles. The van der Waals surface area contributed by atoms with Crippen molar-refractivity contribution in [2.45, 2.75) is 25.7 Å². The molecular formula is C25H27N3O4S. The van der Waals surface area contributed by atoms with Gasteiger partial charge in [-0.3, -0.25) is 9.10 Å². The Balaban J connectivity index is 1.86. The van der Waals surface area contributed by atoms with Crippen LogP contribution in [0.5, 0.6) is 5.75 Å². The van der Waals surface area contributed by atoms with Gasteiger partial charge >= 0.3 is 0 Å². The zero-order valence-corrected chi connectivity index (χ0v) is 19.9. The molecule has 0 bridgehead atoms. The minimum absolute atomic E-state index is 0.0786. The van der Waals surface area contributed by atoms with Gasteiger partial charge in [0.05, 0.1) is 23.9 Å². The Morgan fingerprint density at radius 1 is 1.00 bits per heavy atom. The van der Waals surface area contributed by atoms with E-state index >= 15 is 0 Å². The van der Waals surface area contributed by atoms with Gasteiger partial charge in [-0.05, 0) is 67.3 Å². The van der Waals surface area contributed by atoms with E-state index in [4.69, 9.17) is 4.74 Å². The number of amides is 1. The summed E-state index contributed by atoms with van der Waals surface area (Å²) < 4.78 is 33.0. The van der Waals surface area contributed by atoms with Crippen molar-refractivity contribution in [2.24, 2.45) is 5.10 Å². The zero-order chi connectivity index (χ0) is 24.0.